The van der Waals surface area contributed by atoms with Gasteiger partial charge in [-0.15, -0.1) is 0 Å². The molecule has 0 saturated carbocycles. The average molecular weight is 482 g/mol. The van der Waals surface area contributed by atoms with Crippen LogP contribution in [0.15, 0.2) is 138 Å². The monoisotopic (exact) mass is 481 g/mol. The minimum absolute atomic E-state index is 0.817. The van der Waals surface area contributed by atoms with E-state index in [1.54, 1.807) is 0 Å². The van der Waals surface area contributed by atoms with E-state index in [1.807, 2.05) is 18.2 Å². The van der Waals surface area contributed by atoms with Crippen molar-refractivity contribution in [3.05, 3.63) is 145 Å². The van der Waals surface area contributed by atoms with Crippen LogP contribution >= 0.6 is 0 Å². The van der Waals surface area contributed by atoms with Crippen molar-refractivity contribution in [1.29, 1.82) is 0 Å². The zero-order valence-corrected chi connectivity index (χ0v) is 21.3. The van der Waals surface area contributed by atoms with Gasteiger partial charge < -0.3 is 10.2 Å². The van der Waals surface area contributed by atoms with E-state index >= 15 is 0 Å². The van der Waals surface area contributed by atoms with E-state index < -0.39 is 0 Å². The molecule has 0 bridgehead atoms. The van der Waals surface area contributed by atoms with Gasteiger partial charge in [0.25, 0.3) is 0 Å². The Morgan fingerprint density at radius 3 is 1.84 bits per heavy atom. The predicted octanol–water partition coefficient (Wildman–Crippen LogP) is 8.27. The molecule has 0 aliphatic rings. The van der Waals surface area contributed by atoms with E-state index in [-0.39, 0.29) is 0 Å². The highest BCUT2D eigenvalue weighted by molar-refractivity contribution is 6.12. The second-order valence-corrected chi connectivity index (χ2v) is 9.28. The van der Waals surface area contributed by atoms with Gasteiger partial charge in [-0.2, -0.15) is 0 Å². The van der Waals surface area contributed by atoms with Crippen molar-refractivity contribution in [3.63, 3.8) is 0 Å². The Balaban J connectivity index is 1.67. The average Bonchev–Trinajstić information content (AvgIpc) is 2.94. The topological polar surface area (TPSA) is 27.6 Å². The molecule has 0 fully saturated rings. The van der Waals surface area contributed by atoms with Crippen LogP contribution in [0, 0.1) is 0 Å². The molecule has 0 unspecified atom stereocenters. The van der Waals surface area contributed by atoms with Crippen LogP contribution in [0.25, 0.3) is 22.3 Å². The van der Waals surface area contributed by atoms with E-state index in [1.165, 1.54) is 5.56 Å². The molecule has 182 valence electrons. The first kappa shape index (κ1) is 24.2. The zero-order chi connectivity index (χ0) is 25.5. The highest BCUT2D eigenvalue weighted by Crippen LogP contribution is 2.32. The summed E-state index contributed by atoms with van der Waals surface area (Å²) in [4.78, 5) is 7.48. The van der Waals surface area contributed by atoms with Crippen molar-refractivity contribution < 1.29 is 0 Å². The standard InChI is InChI=1S/C34H31N3/c1-37(2)25-28-19-9-10-22-31(28)34(35-32-23-13-11-20-29(32)26-15-5-3-6-16-26)36-33-24-14-12-21-30(33)27-17-7-4-8-18-27/h3-24H,25H2,1-2H3,(H,35,36). The van der Waals surface area contributed by atoms with Crippen LogP contribution in [0.2, 0.25) is 0 Å². The number of nitrogens with zero attached hydrogens (tertiary/aromatic N) is 2. The molecule has 0 aliphatic carbocycles. The summed E-state index contributed by atoms with van der Waals surface area (Å²) in [5.41, 5.74) is 8.79. The molecule has 0 amide bonds. The molecule has 0 heterocycles. The highest BCUT2D eigenvalue weighted by Gasteiger charge is 2.14. The molecule has 0 atom stereocenters. The van der Waals surface area contributed by atoms with Crippen molar-refractivity contribution in [1.82, 2.24) is 4.90 Å². The maximum absolute atomic E-state index is 5.29. The van der Waals surface area contributed by atoms with E-state index in [2.05, 4.69) is 140 Å². The Hall–Kier alpha value is -4.47. The third-order valence-electron chi connectivity index (χ3n) is 6.25. The van der Waals surface area contributed by atoms with Gasteiger partial charge in [0.2, 0.25) is 0 Å². The molecule has 1 N–H and O–H groups in total. The van der Waals surface area contributed by atoms with Gasteiger partial charge >= 0.3 is 0 Å². The van der Waals surface area contributed by atoms with Crippen molar-refractivity contribution >= 4 is 17.2 Å². The first-order valence-electron chi connectivity index (χ1n) is 12.6. The first-order chi connectivity index (χ1) is 18.2. The molecule has 5 rings (SSSR count). The molecule has 0 aromatic heterocycles. The fourth-order valence-electron chi connectivity index (χ4n) is 4.53. The van der Waals surface area contributed by atoms with E-state index in [4.69, 9.17) is 4.99 Å². The first-order valence-corrected chi connectivity index (χ1v) is 12.6. The largest absolute Gasteiger partial charge is 0.339 e. The molecule has 0 aliphatic heterocycles. The van der Waals surface area contributed by atoms with Gasteiger partial charge in [-0.3, -0.25) is 0 Å². The summed E-state index contributed by atoms with van der Waals surface area (Å²) in [6.45, 7) is 0.817. The smallest absolute Gasteiger partial charge is 0.138 e. The van der Waals surface area contributed by atoms with Gasteiger partial charge in [-0.25, -0.2) is 4.99 Å². The van der Waals surface area contributed by atoms with Gasteiger partial charge in [-0.05, 0) is 42.9 Å². The number of benzene rings is 5. The van der Waals surface area contributed by atoms with Crippen molar-refractivity contribution in [2.45, 2.75) is 6.54 Å². The van der Waals surface area contributed by atoms with E-state index in [0.717, 1.165) is 51.6 Å². The Morgan fingerprint density at radius 2 is 1.14 bits per heavy atom. The van der Waals surface area contributed by atoms with Crippen LogP contribution in [0.1, 0.15) is 11.1 Å². The lowest BCUT2D eigenvalue weighted by molar-refractivity contribution is 0.402. The number of amidine groups is 1. The summed E-state index contributed by atoms with van der Waals surface area (Å²) in [6.07, 6.45) is 0. The number of hydrogen-bond acceptors (Lipinski definition) is 2. The molecule has 5 aromatic rings. The number of aliphatic imine (C=N–C) groups is 1. The molecule has 5 aromatic carbocycles. The second-order valence-electron chi connectivity index (χ2n) is 9.28. The lowest BCUT2D eigenvalue weighted by Gasteiger charge is -2.19. The number of rotatable bonds is 7. The van der Waals surface area contributed by atoms with Crippen LogP contribution in [0.4, 0.5) is 11.4 Å². The minimum Gasteiger partial charge on any atom is -0.339 e. The SMILES string of the molecule is CN(C)Cc1ccccc1C(=Nc1ccccc1-c1ccccc1)Nc1ccccc1-c1ccccc1. The molecule has 3 heteroatoms. The summed E-state index contributed by atoms with van der Waals surface area (Å²) in [7, 11) is 4.19. The lowest BCUT2D eigenvalue weighted by atomic mass is 10.0. The lowest BCUT2D eigenvalue weighted by Crippen LogP contribution is -2.19. The minimum atomic E-state index is 0.817. The van der Waals surface area contributed by atoms with Crippen LogP contribution in [-0.2, 0) is 6.54 Å². The van der Waals surface area contributed by atoms with E-state index in [0.29, 0.717) is 0 Å². The fraction of sp³-hybridized carbons (Fsp3) is 0.0882. The Bertz CT molecular complexity index is 1490. The number of nitrogens with one attached hydrogen (secondary N) is 1. The number of para-hydroxylation sites is 2. The Labute approximate surface area is 219 Å². The van der Waals surface area contributed by atoms with Crippen molar-refractivity contribution in [3.8, 4) is 22.3 Å². The fourth-order valence-corrected chi connectivity index (χ4v) is 4.53. The van der Waals surface area contributed by atoms with E-state index in [9.17, 15) is 0 Å². The maximum atomic E-state index is 5.29. The summed E-state index contributed by atoms with van der Waals surface area (Å²) in [6, 6.07) is 46.2. The summed E-state index contributed by atoms with van der Waals surface area (Å²) in [5.74, 6) is 0.823. The second kappa shape index (κ2) is 11.5. The molecule has 0 radical (unpaired) electrons. The molecular formula is C34H31N3. The van der Waals surface area contributed by atoms with Crippen LogP contribution < -0.4 is 5.32 Å². The molecule has 0 spiro atoms. The summed E-state index contributed by atoms with van der Waals surface area (Å²) in [5, 5.41) is 3.73. The molecule has 3 nitrogen and oxygen atoms in total. The van der Waals surface area contributed by atoms with Crippen molar-refractivity contribution in [2.75, 3.05) is 19.4 Å². The predicted molar refractivity (Wildman–Crippen MR) is 157 cm³/mol. The van der Waals surface area contributed by atoms with Crippen molar-refractivity contribution in [2.24, 2.45) is 4.99 Å². The van der Waals surface area contributed by atoms with Gasteiger partial charge in [0.1, 0.15) is 5.84 Å². The summed E-state index contributed by atoms with van der Waals surface area (Å²) >= 11 is 0. The number of anilines is 1. The third-order valence-corrected chi connectivity index (χ3v) is 6.25. The summed E-state index contributed by atoms with van der Waals surface area (Å²) < 4.78 is 0. The molecular weight excluding hydrogens is 450 g/mol. The Morgan fingerprint density at radius 1 is 0.595 bits per heavy atom. The van der Waals surface area contributed by atoms with Gasteiger partial charge in [0.05, 0.1) is 5.69 Å². The van der Waals surface area contributed by atoms with Crippen LogP contribution in [0.3, 0.4) is 0 Å². The third kappa shape index (κ3) is 5.85. The molecule has 0 saturated heterocycles. The van der Waals surface area contributed by atoms with Crippen LogP contribution in [-0.4, -0.2) is 24.8 Å². The van der Waals surface area contributed by atoms with Crippen LogP contribution in [0.5, 0.6) is 0 Å². The van der Waals surface area contributed by atoms with Gasteiger partial charge in [0.15, 0.2) is 0 Å². The highest BCUT2D eigenvalue weighted by atomic mass is 15.1. The number of hydrogen-bond donors (Lipinski definition) is 1. The molecule has 37 heavy (non-hydrogen) atoms. The normalized spacial score (nSPS) is 11.5. The van der Waals surface area contributed by atoms with Gasteiger partial charge in [0, 0.05) is 28.9 Å². The maximum Gasteiger partial charge on any atom is 0.138 e. The Kier molecular flexibility index (Phi) is 7.54. The zero-order valence-electron chi connectivity index (χ0n) is 21.3. The van der Waals surface area contributed by atoms with Gasteiger partial charge in [-0.1, -0.05) is 121 Å². The quantitative estimate of drug-likeness (QED) is 0.187.